The van der Waals surface area contributed by atoms with Gasteiger partial charge in [0.15, 0.2) is 5.82 Å². The van der Waals surface area contributed by atoms with Gasteiger partial charge in [0.2, 0.25) is 0 Å². The van der Waals surface area contributed by atoms with Gasteiger partial charge in [-0.25, -0.2) is 18.2 Å². The number of hydrogen-bond donors (Lipinski definition) is 0. The van der Waals surface area contributed by atoms with E-state index in [9.17, 15) is 31.1 Å². The molecular formula is C10H7F6NO2. The summed E-state index contributed by atoms with van der Waals surface area (Å²) in [6.45, 7) is 0. The second-order valence-electron chi connectivity index (χ2n) is 3.40. The van der Waals surface area contributed by atoms with Crippen LogP contribution >= 0.6 is 0 Å². The van der Waals surface area contributed by atoms with E-state index in [1.54, 1.807) is 0 Å². The van der Waals surface area contributed by atoms with E-state index in [0.29, 0.717) is 0 Å². The molecule has 0 atom stereocenters. The molecule has 19 heavy (non-hydrogen) atoms. The average molecular weight is 287 g/mol. The van der Waals surface area contributed by atoms with Crippen LogP contribution in [0.3, 0.4) is 0 Å². The van der Waals surface area contributed by atoms with E-state index in [1.807, 2.05) is 0 Å². The summed E-state index contributed by atoms with van der Waals surface area (Å²) in [5.74, 6) is -2.82. The number of ether oxygens (including phenoxy) is 1. The molecule has 1 heterocycles. The molecule has 0 bridgehead atoms. The largest absolute Gasteiger partial charge is 0.469 e. The number of carbonyl (C=O) groups is 1. The highest BCUT2D eigenvalue weighted by molar-refractivity contribution is 5.73. The number of pyridine rings is 1. The van der Waals surface area contributed by atoms with E-state index in [2.05, 4.69) is 9.72 Å². The average Bonchev–Trinajstić information content (AvgIpc) is 2.26. The molecule has 0 aliphatic carbocycles. The Morgan fingerprint density at radius 3 is 2.42 bits per heavy atom. The SMILES string of the molecule is COC(=O)Cc1c(C(F)(F)F)ncc(F)c1C(F)F. The summed E-state index contributed by atoms with van der Waals surface area (Å²) in [6.07, 6.45) is -9.69. The first-order valence-corrected chi connectivity index (χ1v) is 4.78. The fourth-order valence-electron chi connectivity index (χ4n) is 1.42. The molecule has 0 aromatic carbocycles. The van der Waals surface area contributed by atoms with Crippen LogP contribution in [0.4, 0.5) is 26.3 Å². The van der Waals surface area contributed by atoms with E-state index in [0.717, 1.165) is 7.11 Å². The predicted octanol–water partition coefficient (Wildman–Crippen LogP) is 2.89. The number of hydrogen-bond acceptors (Lipinski definition) is 3. The lowest BCUT2D eigenvalue weighted by Gasteiger charge is -2.15. The van der Waals surface area contributed by atoms with Gasteiger partial charge in [-0.05, 0) is 0 Å². The van der Waals surface area contributed by atoms with E-state index in [1.165, 1.54) is 0 Å². The number of esters is 1. The van der Waals surface area contributed by atoms with Crippen LogP contribution in [-0.4, -0.2) is 18.1 Å². The molecule has 0 aliphatic heterocycles. The predicted molar refractivity (Wildman–Crippen MR) is 49.9 cm³/mol. The second kappa shape index (κ2) is 5.45. The lowest BCUT2D eigenvalue weighted by Crippen LogP contribution is -2.19. The molecule has 0 unspecified atom stereocenters. The summed E-state index contributed by atoms with van der Waals surface area (Å²) in [4.78, 5) is 13.7. The Bertz CT molecular complexity index is 486. The zero-order valence-electron chi connectivity index (χ0n) is 9.39. The number of halogens is 6. The lowest BCUT2D eigenvalue weighted by molar-refractivity contribution is -0.143. The summed E-state index contributed by atoms with van der Waals surface area (Å²) in [7, 11) is 0.865. The summed E-state index contributed by atoms with van der Waals surface area (Å²) in [5, 5.41) is 0. The molecule has 0 spiro atoms. The second-order valence-corrected chi connectivity index (χ2v) is 3.40. The molecule has 0 aliphatic rings. The van der Waals surface area contributed by atoms with Gasteiger partial charge in [-0.15, -0.1) is 0 Å². The molecule has 1 aromatic rings. The molecule has 106 valence electrons. The number of carbonyl (C=O) groups excluding carboxylic acids is 1. The van der Waals surface area contributed by atoms with Crippen LogP contribution in [0.2, 0.25) is 0 Å². The molecule has 1 rings (SSSR count). The molecule has 0 saturated carbocycles. The Morgan fingerprint density at radius 1 is 1.42 bits per heavy atom. The highest BCUT2D eigenvalue weighted by Crippen LogP contribution is 2.36. The normalized spacial score (nSPS) is 11.8. The molecule has 0 N–H and O–H groups in total. The van der Waals surface area contributed by atoms with Crippen molar-refractivity contribution in [3.63, 3.8) is 0 Å². The van der Waals surface area contributed by atoms with Crippen LogP contribution in [0.5, 0.6) is 0 Å². The number of rotatable bonds is 3. The minimum absolute atomic E-state index is 0.0467. The van der Waals surface area contributed by atoms with Crippen molar-refractivity contribution in [2.45, 2.75) is 19.0 Å². The van der Waals surface area contributed by atoms with Gasteiger partial charge in [0.25, 0.3) is 6.43 Å². The number of methoxy groups -OCH3 is 1. The number of nitrogens with zero attached hydrogens (tertiary/aromatic N) is 1. The molecule has 3 nitrogen and oxygen atoms in total. The minimum atomic E-state index is -5.08. The third-order valence-corrected chi connectivity index (χ3v) is 2.21. The zero-order chi connectivity index (χ0) is 14.8. The minimum Gasteiger partial charge on any atom is -0.469 e. The summed E-state index contributed by atoms with van der Waals surface area (Å²) in [5.41, 5.74) is -4.43. The number of aromatic nitrogens is 1. The van der Waals surface area contributed by atoms with Crippen LogP contribution in [0.25, 0.3) is 0 Å². The highest BCUT2D eigenvalue weighted by Gasteiger charge is 2.39. The van der Waals surface area contributed by atoms with Crippen molar-refractivity contribution in [1.82, 2.24) is 4.98 Å². The van der Waals surface area contributed by atoms with E-state index < -0.39 is 47.6 Å². The fraction of sp³-hybridized carbons (Fsp3) is 0.400. The first-order chi connectivity index (χ1) is 8.68. The quantitative estimate of drug-likeness (QED) is 0.634. The van der Waals surface area contributed by atoms with Gasteiger partial charge in [-0.3, -0.25) is 4.79 Å². The lowest BCUT2D eigenvalue weighted by atomic mass is 10.0. The Balaban J connectivity index is 3.49. The van der Waals surface area contributed by atoms with Gasteiger partial charge in [0.1, 0.15) is 5.69 Å². The van der Waals surface area contributed by atoms with Crippen molar-refractivity contribution in [2.75, 3.05) is 7.11 Å². The van der Waals surface area contributed by atoms with Crippen molar-refractivity contribution in [1.29, 1.82) is 0 Å². The van der Waals surface area contributed by atoms with Crippen molar-refractivity contribution in [2.24, 2.45) is 0 Å². The van der Waals surface area contributed by atoms with E-state index >= 15 is 0 Å². The third kappa shape index (κ3) is 3.36. The molecule has 1 aromatic heterocycles. The van der Waals surface area contributed by atoms with Crippen molar-refractivity contribution >= 4 is 5.97 Å². The van der Waals surface area contributed by atoms with E-state index in [-0.39, 0.29) is 6.20 Å². The molecule has 9 heteroatoms. The molecule has 0 amide bonds. The third-order valence-electron chi connectivity index (χ3n) is 2.21. The van der Waals surface area contributed by atoms with Crippen LogP contribution in [0.1, 0.15) is 23.2 Å². The van der Waals surface area contributed by atoms with Crippen molar-refractivity contribution in [3.8, 4) is 0 Å². The smallest absolute Gasteiger partial charge is 0.433 e. The van der Waals surface area contributed by atoms with Gasteiger partial charge in [0.05, 0.1) is 25.3 Å². The Labute approximate surface area is 103 Å². The topological polar surface area (TPSA) is 39.2 Å². The maximum atomic E-state index is 13.2. The van der Waals surface area contributed by atoms with Gasteiger partial charge in [0, 0.05) is 5.56 Å². The van der Waals surface area contributed by atoms with Crippen LogP contribution in [0, 0.1) is 5.82 Å². The zero-order valence-corrected chi connectivity index (χ0v) is 9.39. The van der Waals surface area contributed by atoms with Gasteiger partial charge in [-0.1, -0.05) is 0 Å². The molecule has 0 fully saturated rings. The summed E-state index contributed by atoms with van der Waals surface area (Å²) >= 11 is 0. The first-order valence-electron chi connectivity index (χ1n) is 4.78. The maximum absolute atomic E-state index is 13.2. The summed E-state index contributed by atoms with van der Waals surface area (Å²) in [6, 6.07) is 0. The van der Waals surface area contributed by atoms with Crippen LogP contribution in [-0.2, 0) is 22.1 Å². The molecule has 0 radical (unpaired) electrons. The van der Waals surface area contributed by atoms with Gasteiger partial charge < -0.3 is 4.74 Å². The molecule has 0 saturated heterocycles. The summed E-state index contributed by atoms with van der Waals surface area (Å²) < 4.78 is 80.3. The monoisotopic (exact) mass is 287 g/mol. The van der Waals surface area contributed by atoms with Gasteiger partial charge in [-0.2, -0.15) is 13.2 Å². The maximum Gasteiger partial charge on any atom is 0.433 e. The Hall–Kier alpha value is -1.80. The number of alkyl halides is 5. The van der Waals surface area contributed by atoms with Crippen LogP contribution < -0.4 is 0 Å². The first kappa shape index (κ1) is 15.3. The van der Waals surface area contributed by atoms with Crippen LogP contribution in [0.15, 0.2) is 6.20 Å². The highest BCUT2D eigenvalue weighted by atomic mass is 19.4. The Morgan fingerprint density at radius 2 is 2.00 bits per heavy atom. The standard InChI is InChI=1S/C10H7F6NO2/c1-19-6(18)2-4-7(9(12)13)5(11)3-17-8(4)10(14,15)16/h3,9H,2H2,1H3. The van der Waals surface area contributed by atoms with Crippen molar-refractivity contribution in [3.05, 3.63) is 28.8 Å². The van der Waals surface area contributed by atoms with Gasteiger partial charge >= 0.3 is 12.1 Å². The van der Waals surface area contributed by atoms with E-state index in [4.69, 9.17) is 0 Å². The fourth-order valence-corrected chi connectivity index (χ4v) is 1.42. The van der Waals surface area contributed by atoms with Crippen molar-refractivity contribution < 1.29 is 35.9 Å². The molecular weight excluding hydrogens is 280 g/mol. The Kier molecular flexibility index (Phi) is 4.38.